The van der Waals surface area contributed by atoms with Gasteiger partial charge in [0.1, 0.15) is 0 Å². The van der Waals surface area contributed by atoms with Gasteiger partial charge in [0, 0.05) is 49.2 Å². The van der Waals surface area contributed by atoms with Crippen LogP contribution in [0.25, 0.3) is 0 Å². The van der Waals surface area contributed by atoms with Gasteiger partial charge >= 0.3 is 0 Å². The minimum absolute atomic E-state index is 0. The molecule has 2 N–H and O–H groups in total. The summed E-state index contributed by atoms with van der Waals surface area (Å²) in [6, 6.07) is 0.435. The van der Waals surface area contributed by atoms with Gasteiger partial charge in [0.2, 0.25) is 0 Å². The average molecular weight is 480 g/mol. The minimum Gasteiger partial charge on any atom is -0.379 e. The quantitative estimate of drug-likeness (QED) is 0.359. The summed E-state index contributed by atoms with van der Waals surface area (Å²) in [6.45, 7) is 17.5. The van der Waals surface area contributed by atoms with E-state index in [1.54, 1.807) is 0 Å². The molecule has 2 saturated heterocycles. The Labute approximate surface area is 175 Å². The first-order valence-corrected chi connectivity index (χ1v) is 9.85. The number of nitrogens with zero attached hydrogens (tertiary/aromatic N) is 2. The molecule has 152 valence electrons. The Kier molecular flexibility index (Phi) is 7.61. The predicted octanol–water partition coefficient (Wildman–Crippen LogP) is 2.08. The first kappa shape index (κ1) is 22.2. The fourth-order valence-corrected chi connectivity index (χ4v) is 4.63. The molecule has 0 bridgehead atoms. The molecular weight excluding hydrogens is 443 g/mol. The standard InChI is InChI=1S/C19H36N4O2.HI/c1-6-20-17(21-13-18(2,3)23-8-11-24-12-9-23)22-15-14-7-10-25-16(14)19(15,4)5;/h14-16H,6-13H2,1-5H3,(H2,20,21,22);1H. The molecule has 7 heteroatoms. The molecule has 3 rings (SSSR count). The number of guanidine groups is 1. The molecule has 0 aromatic rings. The number of hydrogen-bond donors (Lipinski definition) is 2. The van der Waals surface area contributed by atoms with Gasteiger partial charge in [-0.15, -0.1) is 24.0 Å². The van der Waals surface area contributed by atoms with E-state index in [2.05, 4.69) is 50.2 Å². The number of ether oxygens (including phenoxy) is 2. The lowest BCUT2D eigenvalue weighted by atomic mass is 9.57. The van der Waals surface area contributed by atoms with Crippen LogP contribution >= 0.6 is 24.0 Å². The van der Waals surface area contributed by atoms with Crippen LogP contribution < -0.4 is 10.6 Å². The molecule has 0 radical (unpaired) electrons. The van der Waals surface area contributed by atoms with Crippen molar-refractivity contribution in [3.05, 3.63) is 0 Å². The van der Waals surface area contributed by atoms with Crippen molar-refractivity contribution in [2.45, 2.75) is 58.7 Å². The summed E-state index contributed by atoms with van der Waals surface area (Å²) in [5, 5.41) is 7.14. The Hall–Kier alpha value is -0.120. The zero-order valence-corrected chi connectivity index (χ0v) is 19.3. The molecule has 1 aliphatic carbocycles. The highest BCUT2D eigenvalue weighted by Gasteiger charge is 2.59. The third kappa shape index (κ3) is 4.47. The van der Waals surface area contributed by atoms with Crippen LogP contribution in [-0.2, 0) is 9.47 Å². The summed E-state index contributed by atoms with van der Waals surface area (Å²) in [4.78, 5) is 7.42. The van der Waals surface area contributed by atoms with E-state index in [0.29, 0.717) is 18.1 Å². The van der Waals surface area contributed by atoms with E-state index in [1.807, 2.05) is 0 Å². The summed E-state index contributed by atoms with van der Waals surface area (Å²) < 4.78 is 11.4. The predicted molar refractivity (Wildman–Crippen MR) is 116 cm³/mol. The Morgan fingerprint density at radius 1 is 1.23 bits per heavy atom. The van der Waals surface area contributed by atoms with Gasteiger partial charge in [0.15, 0.2) is 5.96 Å². The highest BCUT2D eigenvalue weighted by molar-refractivity contribution is 14.0. The molecule has 3 unspecified atom stereocenters. The lowest BCUT2D eigenvalue weighted by Gasteiger charge is -2.55. The SMILES string of the molecule is CCNC(=NCC(C)(C)N1CCOCC1)NC1C2CCOC2C1(C)C.I. The van der Waals surface area contributed by atoms with E-state index in [0.717, 1.165) is 58.4 Å². The van der Waals surface area contributed by atoms with Crippen LogP contribution in [0.3, 0.4) is 0 Å². The van der Waals surface area contributed by atoms with Crippen LogP contribution in [0.4, 0.5) is 0 Å². The average Bonchev–Trinajstić information content (AvgIpc) is 3.05. The van der Waals surface area contributed by atoms with Crippen molar-refractivity contribution in [1.29, 1.82) is 0 Å². The number of nitrogens with one attached hydrogen (secondary N) is 2. The van der Waals surface area contributed by atoms with Gasteiger partial charge < -0.3 is 20.1 Å². The molecule has 3 aliphatic rings. The first-order chi connectivity index (χ1) is 11.9. The Morgan fingerprint density at radius 3 is 2.58 bits per heavy atom. The molecule has 0 amide bonds. The summed E-state index contributed by atoms with van der Waals surface area (Å²) in [5.41, 5.74) is 0.206. The monoisotopic (exact) mass is 480 g/mol. The zero-order chi connectivity index (χ0) is 18.1. The summed E-state index contributed by atoms with van der Waals surface area (Å²) >= 11 is 0. The van der Waals surface area contributed by atoms with Crippen LogP contribution in [0.2, 0.25) is 0 Å². The number of fused-ring (bicyclic) bond motifs is 1. The number of rotatable bonds is 5. The summed E-state index contributed by atoms with van der Waals surface area (Å²) in [6.07, 6.45) is 1.56. The Balaban J connectivity index is 0.00000243. The fraction of sp³-hybridized carbons (Fsp3) is 0.947. The second kappa shape index (κ2) is 8.92. The van der Waals surface area contributed by atoms with E-state index >= 15 is 0 Å². The number of halogens is 1. The summed E-state index contributed by atoms with van der Waals surface area (Å²) in [5.74, 6) is 1.55. The van der Waals surface area contributed by atoms with Crippen LogP contribution in [0, 0.1) is 11.3 Å². The zero-order valence-electron chi connectivity index (χ0n) is 17.0. The van der Waals surface area contributed by atoms with Gasteiger partial charge in [-0.05, 0) is 27.2 Å². The molecule has 0 aromatic heterocycles. The fourth-order valence-electron chi connectivity index (χ4n) is 4.63. The molecule has 0 aromatic carbocycles. The van der Waals surface area contributed by atoms with Crippen LogP contribution in [0.5, 0.6) is 0 Å². The summed E-state index contributed by atoms with van der Waals surface area (Å²) in [7, 11) is 0. The van der Waals surface area contributed by atoms with Crippen molar-refractivity contribution in [2.75, 3.05) is 46.0 Å². The third-order valence-corrected chi connectivity index (χ3v) is 6.23. The topological polar surface area (TPSA) is 58.1 Å². The molecule has 2 heterocycles. The lowest BCUT2D eigenvalue weighted by Crippen LogP contribution is -2.68. The van der Waals surface area contributed by atoms with Gasteiger partial charge in [-0.25, -0.2) is 0 Å². The van der Waals surface area contributed by atoms with Crippen molar-refractivity contribution >= 4 is 29.9 Å². The van der Waals surface area contributed by atoms with E-state index in [1.165, 1.54) is 0 Å². The Bertz CT molecular complexity index is 492. The van der Waals surface area contributed by atoms with Gasteiger partial charge in [-0.2, -0.15) is 0 Å². The lowest BCUT2D eigenvalue weighted by molar-refractivity contribution is -0.106. The smallest absolute Gasteiger partial charge is 0.191 e. The van der Waals surface area contributed by atoms with E-state index in [9.17, 15) is 0 Å². The number of hydrogen-bond acceptors (Lipinski definition) is 4. The van der Waals surface area contributed by atoms with E-state index in [4.69, 9.17) is 14.5 Å². The molecule has 6 nitrogen and oxygen atoms in total. The largest absolute Gasteiger partial charge is 0.379 e. The van der Waals surface area contributed by atoms with Crippen LogP contribution in [0.15, 0.2) is 4.99 Å². The van der Waals surface area contributed by atoms with Gasteiger partial charge in [0.05, 0.1) is 25.9 Å². The molecule has 3 atom stereocenters. The molecule has 3 fully saturated rings. The van der Waals surface area contributed by atoms with Crippen molar-refractivity contribution in [1.82, 2.24) is 15.5 Å². The molecule has 2 aliphatic heterocycles. The number of aliphatic imine (C=N–C) groups is 1. The van der Waals surface area contributed by atoms with Crippen molar-refractivity contribution in [3.63, 3.8) is 0 Å². The second-order valence-electron chi connectivity index (χ2n) is 8.79. The number of morpholine rings is 1. The van der Waals surface area contributed by atoms with Gasteiger partial charge in [-0.3, -0.25) is 9.89 Å². The molecular formula is C19H37IN4O2. The van der Waals surface area contributed by atoms with E-state index < -0.39 is 0 Å². The highest BCUT2D eigenvalue weighted by Crippen LogP contribution is 2.52. The van der Waals surface area contributed by atoms with Crippen LogP contribution in [-0.4, -0.2) is 74.5 Å². The van der Waals surface area contributed by atoms with Crippen molar-refractivity contribution in [3.8, 4) is 0 Å². The second-order valence-corrected chi connectivity index (χ2v) is 8.79. The maximum absolute atomic E-state index is 5.91. The highest BCUT2D eigenvalue weighted by atomic mass is 127. The van der Waals surface area contributed by atoms with Crippen LogP contribution in [0.1, 0.15) is 41.0 Å². The molecule has 0 spiro atoms. The maximum Gasteiger partial charge on any atom is 0.191 e. The van der Waals surface area contributed by atoms with Crippen molar-refractivity contribution < 1.29 is 9.47 Å². The Morgan fingerprint density at radius 2 is 1.92 bits per heavy atom. The van der Waals surface area contributed by atoms with E-state index in [-0.39, 0.29) is 34.9 Å². The van der Waals surface area contributed by atoms with Crippen molar-refractivity contribution in [2.24, 2.45) is 16.3 Å². The molecule has 1 saturated carbocycles. The van der Waals surface area contributed by atoms with Gasteiger partial charge in [-0.1, -0.05) is 13.8 Å². The first-order valence-electron chi connectivity index (χ1n) is 9.85. The minimum atomic E-state index is 0. The maximum atomic E-state index is 5.91. The molecule has 26 heavy (non-hydrogen) atoms. The van der Waals surface area contributed by atoms with Gasteiger partial charge in [0.25, 0.3) is 0 Å². The normalized spacial score (nSPS) is 31.6. The third-order valence-electron chi connectivity index (χ3n) is 6.23.